The zero-order valence-electron chi connectivity index (χ0n) is 9.70. The summed E-state index contributed by atoms with van der Waals surface area (Å²) in [6.07, 6.45) is 1.25. The minimum Gasteiger partial charge on any atom is -0.421 e. The summed E-state index contributed by atoms with van der Waals surface area (Å²) in [4.78, 5) is 0. The van der Waals surface area contributed by atoms with Gasteiger partial charge in [0.1, 0.15) is 0 Å². The highest BCUT2D eigenvalue weighted by Crippen LogP contribution is 2.20. The van der Waals surface area contributed by atoms with Crippen LogP contribution in [0, 0.1) is 6.92 Å². The highest BCUT2D eigenvalue weighted by Gasteiger charge is 2.04. The van der Waals surface area contributed by atoms with Crippen molar-refractivity contribution in [2.24, 2.45) is 0 Å². The molecule has 1 heterocycles. The van der Waals surface area contributed by atoms with Gasteiger partial charge in [0.05, 0.1) is 0 Å². The summed E-state index contributed by atoms with van der Waals surface area (Å²) in [5.41, 5.74) is 0.841. The zero-order valence-corrected chi connectivity index (χ0v) is 10.5. The van der Waals surface area contributed by atoms with Gasteiger partial charge in [-0.15, -0.1) is 10.2 Å². The summed E-state index contributed by atoms with van der Waals surface area (Å²) in [6, 6.07) is 7.30. The lowest BCUT2D eigenvalue weighted by molar-refractivity contribution is 0.533. The van der Waals surface area contributed by atoms with Crippen molar-refractivity contribution in [3.05, 3.63) is 35.2 Å². The molecule has 0 N–H and O–H groups in total. The lowest BCUT2D eigenvalue weighted by atomic mass is 10.2. The number of rotatable bonds is 1. The Hall–Kier alpha value is -1.35. The first-order chi connectivity index (χ1) is 7.67. The van der Waals surface area contributed by atoms with Crippen LogP contribution >= 0.6 is 11.6 Å². The molecule has 4 heteroatoms. The minimum atomic E-state index is 0.500. The molecule has 1 aromatic carbocycles. The Bertz CT molecular complexity index is 440. The van der Waals surface area contributed by atoms with E-state index in [0.29, 0.717) is 16.8 Å². The van der Waals surface area contributed by atoms with Crippen LogP contribution in [-0.2, 0) is 0 Å². The summed E-state index contributed by atoms with van der Waals surface area (Å²) in [5.74, 6) is 1.05. The first kappa shape index (κ1) is 12.7. The van der Waals surface area contributed by atoms with E-state index in [1.165, 1.54) is 6.42 Å². The lowest BCUT2D eigenvalue weighted by Gasteiger charge is -1.93. The van der Waals surface area contributed by atoms with Gasteiger partial charge in [-0.05, 0) is 18.2 Å². The van der Waals surface area contributed by atoms with Crippen molar-refractivity contribution in [3.63, 3.8) is 0 Å². The van der Waals surface area contributed by atoms with E-state index >= 15 is 0 Å². The highest BCUT2D eigenvalue weighted by molar-refractivity contribution is 6.30. The fourth-order valence-corrected chi connectivity index (χ4v) is 1.23. The van der Waals surface area contributed by atoms with E-state index in [1.54, 1.807) is 19.1 Å². The Labute approximate surface area is 100 Å². The normalized spacial score (nSPS) is 9.50. The van der Waals surface area contributed by atoms with Crippen molar-refractivity contribution in [3.8, 4) is 11.5 Å². The Morgan fingerprint density at radius 2 is 1.94 bits per heavy atom. The number of hydrogen-bond acceptors (Lipinski definition) is 3. The van der Waals surface area contributed by atoms with Crippen molar-refractivity contribution in [1.82, 2.24) is 10.2 Å². The standard InChI is InChI=1S/C9H7ClN2O.C3H8/c1-6-11-12-9(13-6)7-3-2-4-8(10)5-7;1-3-2/h2-5H,1H3;3H2,1-2H3. The topological polar surface area (TPSA) is 38.9 Å². The molecule has 0 aliphatic heterocycles. The summed E-state index contributed by atoms with van der Waals surface area (Å²) in [5, 5.41) is 8.28. The first-order valence-corrected chi connectivity index (χ1v) is 5.61. The monoisotopic (exact) mass is 238 g/mol. The van der Waals surface area contributed by atoms with Gasteiger partial charge in [0.2, 0.25) is 11.8 Å². The molecule has 0 saturated carbocycles. The maximum atomic E-state index is 5.81. The van der Waals surface area contributed by atoms with E-state index in [-0.39, 0.29) is 0 Å². The van der Waals surface area contributed by atoms with Crippen LogP contribution < -0.4 is 0 Å². The van der Waals surface area contributed by atoms with E-state index in [9.17, 15) is 0 Å². The molecular formula is C12H15ClN2O. The Kier molecular flexibility index (Phi) is 4.99. The van der Waals surface area contributed by atoms with E-state index in [2.05, 4.69) is 24.0 Å². The number of aromatic nitrogens is 2. The lowest BCUT2D eigenvalue weighted by Crippen LogP contribution is -1.76. The molecule has 0 amide bonds. The molecule has 0 atom stereocenters. The third-order valence-corrected chi connectivity index (χ3v) is 1.83. The Morgan fingerprint density at radius 3 is 2.44 bits per heavy atom. The molecule has 0 aliphatic rings. The average molecular weight is 239 g/mol. The van der Waals surface area contributed by atoms with Crippen molar-refractivity contribution in [2.75, 3.05) is 0 Å². The molecule has 2 rings (SSSR count). The third-order valence-electron chi connectivity index (χ3n) is 1.60. The number of nitrogens with zero attached hydrogens (tertiary/aromatic N) is 2. The molecule has 1 aromatic heterocycles. The Balaban J connectivity index is 0.000000386. The van der Waals surface area contributed by atoms with Gasteiger partial charge in [-0.3, -0.25) is 0 Å². The number of hydrogen-bond donors (Lipinski definition) is 0. The minimum absolute atomic E-state index is 0.500. The molecule has 16 heavy (non-hydrogen) atoms. The van der Waals surface area contributed by atoms with Gasteiger partial charge in [0, 0.05) is 17.5 Å². The van der Waals surface area contributed by atoms with Gasteiger partial charge in [0.15, 0.2) is 0 Å². The number of aryl methyl sites for hydroxylation is 1. The molecule has 86 valence electrons. The SMILES string of the molecule is CCC.Cc1nnc(-c2cccc(Cl)c2)o1. The third kappa shape index (κ3) is 3.66. The maximum Gasteiger partial charge on any atom is 0.247 e. The van der Waals surface area contributed by atoms with Gasteiger partial charge in [0.25, 0.3) is 0 Å². The summed E-state index contributed by atoms with van der Waals surface area (Å²) < 4.78 is 5.24. The molecule has 0 aliphatic carbocycles. The van der Waals surface area contributed by atoms with Crippen LogP contribution in [-0.4, -0.2) is 10.2 Å². The van der Waals surface area contributed by atoms with Crippen LogP contribution in [0.3, 0.4) is 0 Å². The largest absolute Gasteiger partial charge is 0.421 e. The second kappa shape index (κ2) is 6.28. The van der Waals surface area contributed by atoms with Crippen molar-refractivity contribution >= 4 is 11.6 Å². The van der Waals surface area contributed by atoms with Gasteiger partial charge in [-0.25, -0.2) is 0 Å². The van der Waals surface area contributed by atoms with Crippen LogP contribution in [0.4, 0.5) is 0 Å². The molecule has 0 fully saturated rings. The van der Waals surface area contributed by atoms with Gasteiger partial charge >= 0.3 is 0 Å². The van der Waals surface area contributed by atoms with Crippen molar-refractivity contribution < 1.29 is 4.42 Å². The average Bonchev–Trinajstić information content (AvgIpc) is 2.66. The summed E-state index contributed by atoms with van der Waals surface area (Å²) in [6.45, 7) is 6.00. The molecule has 0 saturated heterocycles. The van der Waals surface area contributed by atoms with Gasteiger partial charge in [-0.2, -0.15) is 0 Å². The van der Waals surface area contributed by atoms with E-state index < -0.39 is 0 Å². The highest BCUT2D eigenvalue weighted by atomic mass is 35.5. The van der Waals surface area contributed by atoms with Crippen LogP contribution in [0.2, 0.25) is 5.02 Å². The van der Waals surface area contributed by atoms with E-state index in [0.717, 1.165) is 5.56 Å². The fourth-order valence-electron chi connectivity index (χ4n) is 1.03. The number of benzene rings is 1. The predicted octanol–water partition coefficient (Wildman–Crippen LogP) is 4.11. The Morgan fingerprint density at radius 1 is 1.25 bits per heavy atom. The summed E-state index contributed by atoms with van der Waals surface area (Å²) >= 11 is 5.81. The second-order valence-corrected chi connectivity index (χ2v) is 3.78. The predicted molar refractivity (Wildman–Crippen MR) is 65.4 cm³/mol. The smallest absolute Gasteiger partial charge is 0.247 e. The van der Waals surface area contributed by atoms with Crippen molar-refractivity contribution in [2.45, 2.75) is 27.2 Å². The van der Waals surface area contributed by atoms with Crippen molar-refractivity contribution in [1.29, 1.82) is 0 Å². The first-order valence-electron chi connectivity index (χ1n) is 5.23. The molecule has 3 nitrogen and oxygen atoms in total. The second-order valence-electron chi connectivity index (χ2n) is 3.34. The van der Waals surface area contributed by atoms with E-state index in [1.807, 2.05) is 12.1 Å². The molecule has 2 aromatic rings. The molecule has 0 radical (unpaired) electrons. The fraction of sp³-hybridized carbons (Fsp3) is 0.333. The molecule has 0 unspecified atom stereocenters. The summed E-state index contributed by atoms with van der Waals surface area (Å²) in [7, 11) is 0. The van der Waals surface area contributed by atoms with Gasteiger partial charge in [-0.1, -0.05) is 37.9 Å². The van der Waals surface area contributed by atoms with Gasteiger partial charge < -0.3 is 4.42 Å². The molecule has 0 spiro atoms. The number of halogens is 1. The molecular weight excluding hydrogens is 224 g/mol. The molecule has 0 bridgehead atoms. The quantitative estimate of drug-likeness (QED) is 0.750. The zero-order chi connectivity index (χ0) is 12.0. The van der Waals surface area contributed by atoms with Crippen LogP contribution in [0.5, 0.6) is 0 Å². The van der Waals surface area contributed by atoms with E-state index in [4.69, 9.17) is 16.0 Å². The van der Waals surface area contributed by atoms with Crippen LogP contribution in [0.25, 0.3) is 11.5 Å². The maximum absolute atomic E-state index is 5.81. The van der Waals surface area contributed by atoms with Crippen LogP contribution in [0.15, 0.2) is 28.7 Å². The van der Waals surface area contributed by atoms with Crippen LogP contribution in [0.1, 0.15) is 26.2 Å².